The molecule has 0 bridgehead atoms. The highest BCUT2D eigenvalue weighted by Gasteiger charge is 2.25. The van der Waals surface area contributed by atoms with Crippen LogP contribution in [0.5, 0.6) is 0 Å². The van der Waals surface area contributed by atoms with E-state index in [0.717, 1.165) is 6.42 Å². The van der Waals surface area contributed by atoms with Crippen LogP contribution in [-0.4, -0.2) is 11.2 Å². The predicted octanol–water partition coefficient (Wildman–Crippen LogP) is 4.92. The van der Waals surface area contributed by atoms with Gasteiger partial charge in [0, 0.05) is 0 Å². The fourth-order valence-corrected chi connectivity index (χ4v) is 2.76. The molecule has 16 heavy (non-hydrogen) atoms. The van der Waals surface area contributed by atoms with Gasteiger partial charge in [0.15, 0.2) is 0 Å². The van der Waals surface area contributed by atoms with Gasteiger partial charge in [-0.2, -0.15) is 0 Å². The second-order valence-corrected chi connectivity index (χ2v) is 5.45. The summed E-state index contributed by atoms with van der Waals surface area (Å²) in [6.07, 6.45) is 11.4. The Kier molecular flexibility index (Phi) is 9.02. The van der Waals surface area contributed by atoms with E-state index in [1.165, 1.54) is 51.4 Å². The molecule has 0 aromatic rings. The number of aliphatic hydroxyl groups excluding tert-OH is 1. The summed E-state index contributed by atoms with van der Waals surface area (Å²) in [6, 6.07) is 0. The Hall–Kier alpha value is -0.0400. The summed E-state index contributed by atoms with van der Waals surface area (Å²) in [5, 5.41) is 9.33. The van der Waals surface area contributed by atoms with Crippen LogP contribution in [0.15, 0.2) is 0 Å². The van der Waals surface area contributed by atoms with Crippen molar-refractivity contribution in [1.82, 2.24) is 0 Å². The van der Waals surface area contributed by atoms with Crippen LogP contribution in [0.25, 0.3) is 0 Å². The van der Waals surface area contributed by atoms with Crippen molar-refractivity contribution < 1.29 is 5.11 Å². The molecule has 0 radical (unpaired) electrons. The Labute approximate surface area is 103 Å². The van der Waals surface area contributed by atoms with Gasteiger partial charge < -0.3 is 5.11 Å². The standard InChI is InChI=1S/C15H32O/c1-5-8-12-15(7-3,11-6-2)13-9-10-14(4)16/h14,16H,5-13H2,1-4H3. The summed E-state index contributed by atoms with van der Waals surface area (Å²) in [7, 11) is 0. The molecule has 0 aromatic carbocycles. The van der Waals surface area contributed by atoms with E-state index in [0.29, 0.717) is 5.41 Å². The van der Waals surface area contributed by atoms with Crippen molar-refractivity contribution in [2.24, 2.45) is 5.41 Å². The summed E-state index contributed by atoms with van der Waals surface area (Å²) >= 11 is 0. The Morgan fingerprint density at radius 2 is 1.56 bits per heavy atom. The molecule has 0 heterocycles. The van der Waals surface area contributed by atoms with Gasteiger partial charge in [0.05, 0.1) is 6.10 Å². The summed E-state index contributed by atoms with van der Waals surface area (Å²) in [5.41, 5.74) is 0.569. The molecule has 0 spiro atoms. The minimum Gasteiger partial charge on any atom is -0.393 e. The van der Waals surface area contributed by atoms with Crippen LogP contribution in [0.3, 0.4) is 0 Å². The molecule has 0 saturated heterocycles. The number of unbranched alkanes of at least 4 members (excludes halogenated alkanes) is 1. The van der Waals surface area contributed by atoms with Gasteiger partial charge in [-0.05, 0) is 38.0 Å². The van der Waals surface area contributed by atoms with Gasteiger partial charge in [-0.1, -0.05) is 52.9 Å². The third-order valence-corrected chi connectivity index (χ3v) is 3.92. The predicted molar refractivity (Wildman–Crippen MR) is 72.7 cm³/mol. The summed E-state index contributed by atoms with van der Waals surface area (Å²) in [4.78, 5) is 0. The van der Waals surface area contributed by atoms with Gasteiger partial charge >= 0.3 is 0 Å². The fourth-order valence-electron chi connectivity index (χ4n) is 2.76. The Bertz CT molecular complexity index is 154. The lowest BCUT2D eigenvalue weighted by Crippen LogP contribution is -2.20. The first-order chi connectivity index (χ1) is 7.60. The molecule has 0 aromatic heterocycles. The lowest BCUT2D eigenvalue weighted by Gasteiger charge is -2.33. The summed E-state index contributed by atoms with van der Waals surface area (Å²) in [6.45, 7) is 8.82. The van der Waals surface area contributed by atoms with Crippen molar-refractivity contribution in [3.8, 4) is 0 Å². The largest absolute Gasteiger partial charge is 0.393 e. The second kappa shape index (κ2) is 9.04. The Balaban J connectivity index is 4.14. The van der Waals surface area contributed by atoms with Gasteiger partial charge in [-0.25, -0.2) is 0 Å². The van der Waals surface area contributed by atoms with Crippen molar-refractivity contribution in [2.45, 2.75) is 91.6 Å². The normalized spacial score (nSPS) is 17.1. The molecular weight excluding hydrogens is 196 g/mol. The lowest BCUT2D eigenvalue weighted by molar-refractivity contribution is 0.152. The molecule has 2 atom stereocenters. The van der Waals surface area contributed by atoms with Crippen LogP contribution in [0.1, 0.15) is 85.5 Å². The first-order valence-electron chi connectivity index (χ1n) is 7.28. The van der Waals surface area contributed by atoms with Crippen molar-refractivity contribution in [2.75, 3.05) is 0 Å². The zero-order valence-corrected chi connectivity index (χ0v) is 11.9. The third-order valence-electron chi connectivity index (χ3n) is 3.92. The second-order valence-electron chi connectivity index (χ2n) is 5.45. The quantitative estimate of drug-likeness (QED) is 0.562. The summed E-state index contributed by atoms with van der Waals surface area (Å²) < 4.78 is 0. The molecule has 0 aliphatic rings. The maximum Gasteiger partial charge on any atom is 0.0512 e. The SMILES string of the molecule is CCCCC(CC)(CCC)CCCC(C)O. The molecule has 1 N–H and O–H groups in total. The van der Waals surface area contributed by atoms with Crippen LogP contribution >= 0.6 is 0 Å². The van der Waals surface area contributed by atoms with E-state index in [4.69, 9.17) is 0 Å². The Morgan fingerprint density at radius 3 is 2.00 bits per heavy atom. The zero-order chi connectivity index (χ0) is 12.4. The van der Waals surface area contributed by atoms with E-state index in [1.54, 1.807) is 0 Å². The van der Waals surface area contributed by atoms with Crippen molar-refractivity contribution in [3.63, 3.8) is 0 Å². The highest BCUT2D eigenvalue weighted by Crippen LogP contribution is 2.39. The average molecular weight is 228 g/mol. The number of hydrogen-bond donors (Lipinski definition) is 1. The average Bonchev–Trinajstić information content (AvgIpc) is 2.25. The van der Waals surface area contributed by atoms with Gasteiger partial charge in [0.25, 0.3) is 0 Å². The molecule has 2 unspecified atom stereocenters. The van der Waals surface area contributed by atoms with E-state index >= 15 is 0 Å². The van der Waals surface area contributed by atoms with Crippen LogP contribution in [0, 0.1) is 5.41 Å². The van der Waals surface area contributed by atoms with Crippen LogP contribution in [0.2, 0.25) is 0 Å². The molecule has 0 fully saturated rings. The number of aliphatic hydroxyl groups is 1. The van der Waals surface area contributed by atoms with E-state index in [-0.39, 0.29) is 6.10 Å². The minimum absolute atomic E-state index is 0.123. The molecule has 98 valence electrons. The van der Waals surface area contributed by atoms with Crippen LogP contribution in [-0.2, 0) is 0 Å². The summed E-state index contributed by atoms with van der Waals surface area (Å²) in [5.74, 6) is 0. The van der Waals surface area contributed by atoms with Crippen molar-refractivity contribution in [3.05, 3.63) is 0 Å². The lowest BCUT2D eigenvalue weighted by atomic mass is 9.73. The molecule has 0 aliphatic carbocycles. The third kappa shape index (κ3) is 6.52. The van der Waals surface area contributed by atoms with E-state index in [1.807, 2.05) is 6.92 Å². The molecule has 1 heteroatoms. The highest BCUT2D eigenvalue weighted by molar-refractivity contribution is 4.78. The monoisotopic (exact) mass is 228 g/mol. The smallest absolute Gasteiger partial charge is 0.0512 e. The van der Waals surface area contributed by atoms with E-state index in [9.17, 15) is 5.11 Å². The first-order valence-corrected chi connectivity index (χ1v) is 7.28. The van der Waals surface area contributed by atoms with Crippen molar-refractivity contribution >= 4 is 0 Å². The molecular formula is C15H32O. The maximum atomic E-state index is 9.33. The van der Waals surface area contributed by atoms with Crippen molar-refractivity contribution in [1.29, 1.82) is 0 Å². The Morgan fingerprint density at radius 1 is 0.938 bits per heavy atom. The first kappa shape index (κ1) is 16.0. The number of hydrogen-bond acceptors (Lipinski definition) is 1. The molecule has 0 rings (SSSR count). The molecule has 0 aliphatic heterocycles. The van der Waals surface area contributed by atoms with Gasteiger partial charge in [-0.15, -0.1) is 0 Å². The van der Waals surface area contributed by atoms with Crippen LogP contribution in [0.4, 0.5) is 0 Å². The van der Waals surface area contributed by atoms with E-state index in [2.05, 4.69) is 20.8 Å². The van der Waals surface area contributed by atoms with Gasteiger partial charge in [0.1, 0.15) is 0 Å². The number of rotatable bonds is 10. The zero-order valence-electron chi connectivity index (χ0n) is 11.9. The molecule has 1 nitrogen and oxygen atoms in total. The molecule has 0 saturated carbocycles. The van der Waals surface area contributed by atoms with Gasteiger partial charge in [0.2, 0.25) is 0 Å². The highest BCUT2D eigenvalue weighted by atomic mass is 16.3. The maximum absolute atomic E-state index is 9.33. The van der Waals surface area contributed by atoms with Crippen LogP contribution < -0.4 is 0 Å². The van der Waals surface area contributed by atoms with Gasteiger partial charge in [-0.3, -0.25) is 0 Å². The minimum atomic E-state index is -0.123. The molecule has 0 amide bonds. The van der Waals surface area contributed by atoms with E-state index < -0.39 is 0 Å². The fraction of sp³-hybridized carbons (Fsp3) is 1.00. The topological polar surface area (TPSA) is 20.2 Å².